The smallest absolute Gasteiger partial charge is 0.262 e. The molecule has 26 heavy (non-hydrogen) atoms. The predicted octanol–water partition coefficient (Wildman–Crippen LogP) is 2.49. The van der Waals surface area contributed by atoms with Crippen molar-refractivity contribution in [3.8, 4) is 11.3 Å². The fraction of sp³-hybridized carbons (Fsp3) is 0.444. The second-order valence-electron chi connectivity index (χ2n) is 6.21. The average Bonchev–Trinajstić information content (AvgIpc) is 3.06. The van der Waals surface area contributed by atoms with Crippen molar-refractivity contribution in [2.75, 3.05) is 45.2 Å². The molecule has 1 aliphatic rings. The van der Waals surface area contributed by atoms with E-state index in [9.17, 15) is 4.79 Å². The van der Waals surface area contributed by atoms with Gasteiger partial charge in [0, 0.05) is 49.9 Å². The number of halogens is 1. The first-order chi connectivity index (χ1) is 12.6. The van der Waals surface area contributed by atoms with Crippen LogP contribution in [0.25, 0.3) is 11.3 Å². The largest absolute Gasteiger partial charge is 0.383 e. The number of nitrogens with zero attached hydrogens (tertiary/aromatic N) is 2. The quantitative estimate of drug-likeness (QED) is 0.752. The molecule has 1 aromatic heterocycles. The Morgan fingerprint density at radius 3 is 2.92 bits per heavy atom. The number of amides is 1. The van der Waals surface area contributed by atoms with Crippen LogP contribution in [0, 0.1) is 0 Å². The van der Waals surface area contributed by atoms with Gasteiger partial charge in [-0.3, -0.25) is 4.79 Å². The predicted molar refractivity (Wildman–Crippen MR) is 101 cm³/mol. The molecule has 0 saturated carbocycles. The number of carbonyl (C=O) groups is 1. The van der Waals surface area contributed by atoms with Crippen LogP contribution >= 0.6 is 11.6 Å². The minimum atomic E-state index is -0.0925. The molecular weight excluding hydrogens is 356 g/mol. The molecule has 1 amide bonds. The van der Waals surface area contributed by atoms with Crippen molar-refractivity contribution in [3.05, 3.63) is 34.9 Å². The number of hydrogen-bond donors (Lipinski definition) is 2. The van der Waals surface area contributed by atoms with Crippen molar-refractivity contribution in [3.63, 3.8) is 0 Å². The Bertz CT molecular complexity index is 747. The minimum absolute atomic E-state index is 0.0925. The van der Waals surface area contributed by atoms with Gasteiger partial charge < -0.3 is 24.8 Å². The summed E-state index contributed by atoms with van der Waals surface area (Å²) in [4.78, 5) is 15.1. The van der Waals surface area contributed by atoms with E-state index in [0.717, 1.165) is 18.7 Å². The van der Waals surface area contributed by atoms with Crippen molar-refractivity contribution in [2.24, 2.45) is 0 Å². The second kappa shape index (κ2) is 8.53. The number of piperazine rings is 1. The van der Waals surface area contributed by atoms with Crippen LogP contribution in [0.3, 0.4) is 0 Å². The number of ether oxygens (including phenoxy) is 1. The molecule has 1 aromatic carbocycles. The standard InChI is InChI=1S/C18H23ClN4O3/c1-12-11-20-7-9-23(12)18(24)15-16(13-3-5-14(19)6-4-13)26-22-17(15)21-8-10-25-2/h3-6,12,20H,7-11H2,1-2H3,(H,21,22)/t12-/m1/s1. The topological polar surface area (TPSA) is 79.6 Å². The van der Waals surface area contributed by atoms with E-state index in [1.54, 1.807) is 19.2 Å². The molecule has 140 valence electrons. The van der Waals surface area contributed by atoms with Crippen LogP contribution in [-0.2, 0) is 4.74 Å². The number of methoxy groups -OCH3 is 1. The molecule has 2 aromatic rings. The summed E-state index contributed by atoms with van der Waals surface area (Å²) in [6, 6.07) is 7.26. The van der Waals surface area contributed by atoms with Gasteiger partial charge in [0.25, 0.3) is 5.91 Å². The van der Waals surface area contributed by atoms with Gasteiger partial charge in [-0.05, 0) is 31.2 Å². The molecule has 8 heteroatoms. The Hall–Kier alpha value is -2.09. The first-order valence-corrected chi connectivity index (χ1v) is 8.99. The molecule has 0 aliphatic carbocycles. The third-order valence-electron chi connectivity index (χ3n) is 4.37. The summed E-state index contributed by atoms with van der Waals surface area (Å²) in [6.07, 6.45) is 0. The Kier molecular flexibility index (Phi) is 6.13. The van der Waals surface area contributed by atoms with Gasteiger partial charge in [-0.15, -0.1) is 0 Å². The van der Waals surface area contributed by atoms with Crippen molar-refractivity contribution in [2.45, 2.75) is 13.0 Å². The maximum Gasteiger partial charge on any atom is 0.262 e. The van der Waals surface area contributed by atoms with Gasteiger partial charge in [-0.25, -0.2) is 0 Å². The molecule has 2 heterocycles. The Morgan fingerprint density at radius 2 is 2.23 bits per heavy atom. The number of rotatable bonds is 6. The second-order valence-corrected chi connectivity index (χ2v) is 6.65. The highest BCUT2D eigenvalue weighted by Crippen LogP contribution is 2.31. The molecule has 0 radical (unpaired) electrons. The fourth-order valence-corrected chi connectivity index (χ4v) is 3.09. The van der Waals surface area contributed by atoms with Crippen LogP contribution in [-0.4, -0.2) is 61.9 Å². The summed E-state index contributed by atoms with van der Waals surface area (Å²) >= 11 is 5.98. The number of hydrogen-bond acceptors (Lipinski definition) is 6. The molecule has 7 nitrogen and oxygen atoms in total. The Morgan fingerprint density at radius 1 is 1.46 bits per heavy atom. The van der Waals surface area contributed by atoms with Crippen LogP contribution < -0.4 is 10.6 Å². The van der Waals surface area contributed by atoms with E-state index in [1.165, 1.54) is 0 Å². The zero-order valence-corrected chi connectivity index (χ0v) is 15.7. The van der Waals surface area contributed by atoms with Crippen LogP contribution in [0.1, 0.15) is 17.3 Å². The first-order valence-electron chi connectivity index (χ1n) is 8.62. The maximum absolute atomic E-state index is 13.3. The van der Waals surface area contributed by atoms with E-state index in [-0.39, 0.29) is 11.9 Å². The lowest BCUT2D eigenvalue weighted by molar-refractivity contribution is 0.0657. The number of aromatic nitrogens is 1. The Balaban J connectivity index is 1.96. The van der Waals surface area contributed by atoms with Gasteiger partial charge in [0.15, 0.2) is 11.6 Å². The van der Waals surface area contributed by atoms with Crippen molar-refractivity contribution in [1.29, 1.82) is 0 Å². The van der Waals surface area contributed by atoms with Crippen LogP contribution in [0.15, 0.2) is 28.8 Å². The van der Waals surface area contributed by atoms with E-state index in [4.69, 9.17) is 20.9 Å². The molecule has 3 rings (SSSR count). The van der Waals surface area contributed by atoms with E-state index < -0.39 is 0 Å². The summed E-state index contributed by atoms with van der Waals surface area (Å²) < 4.78 is 10.6. The molecule has 0 bridgehead atoms. The van der Waals surface area contributed by atoms with Crippen molar-refractivity contribution < 1.29 is 14.1 Å². The highest BCUT2D eigenvalue weighted by Gasteiger charge is 2.31. The zero-order valence-electron chi connectivity index (χ0n) is 14.9. The summed E-state index contributed by atoms with van der Waals surface area (Å²) in [5, 5.41) is 11.1. The average molecular weight is 379 g/mol. The molecule has 0 spiro atoms. The van der Waals surface area contributed by atoms with Gasteiger partial charge in [0.1, 0.15) is 5.56 Å². The maximum atomic E-state index is 13.3. The van der Waals surface area contributed by atoms with E-state index in [2.05, 4.69) is 15.8 Å². The van der Waals surface area contributed by atoms with Crippen LogP contribution in [0.4, 0.5) is 5.82 Å². The fourth-order valence-electron chi connectivity index (χ4n) is 2.97. The lowest BCUT2D eigenvalue weighted by Crippen LogP contribution is -2.52. The lowest BCUT2D eigenvalue weighted by atomic mass is 10.1. The van der Waals surface area contributed by atoms with Crippen molar-refractivity contribution >= 4 is 23.3 Å². The number of carbonyl (C=O) groups excluding carboxylic acids is 1. The SMILES string of the molecule is COCCNc1noc(-c2ccc(Cl)cc2)c1C(=O)N1CCNC[C@H]1C. The zero-order chi connectivity index (χ0) is 18.5. The molecular formula is C18H23ClN4O3. The molecule has 1 fully saturated rings. The molecule has 2 N–H and O–H groups in total. The van der Waals surface area contributed by atoms with Gasteiger partial charge >= 0.3 is 0 Å². The van der Waals surface area contributed by atoms with E-state index in [1.807, 2.05) is 24.0 Å². The van der Waals surface area contributed by atoms with Gasteiger partial charge in [-0.2, -0.15) is 0 Å². The highest BCUT2D eigenvalue weighted by molar-refractivity contribution is 6.30. The molecule has 1 atom stereocenters. The number of nitrogens with one attached hydrogen (secondary N) is 2. The first kappa shape index (κ1) is 18.7. The summed E-state index contributed by atoms with van der Waals surface area (Å²) in [7, 11) is 1.62. The lowest BCUT2D eigenvalue weighted by Gasteiger charge is -2.34. The third-order valence-corrected chi connectivity index (χ3v) is 4.63. The van der Waals surface area contributed by atoms with Crippen LogP contribution in [0.2, 0.25) is 5.02 Å². The molecule has 1 saturated heterocycles. The summed E-state index contributed by atoms with van der Waals surface area (Å²) in [5.74, 6) is 0.783. The Labute approximate surface area is 157 Å². The molecule has 0 unspecified atom stereocenters. The van der Waals surface area contributed by atoms with Crippen LogP contribution in [0.5, 0.6) is 0 Å². The third kappa shape index (κ3) is 4.00. The van der Waals surface area contributed by atoms with Crippen molar-refractivity contribution in [1.82, 2.24) is 15.4 Å². The normalized spacial score (nSPS) is 17.3. The molecule has 1 aliphatic heterocycles. The van der Waals surface area contributed by atoms with E-state index >= 15 is 0 Å². The minimum Gasteiger partial charge on any atom is -0.383 e. The number of anilines is 1. The highest BCUT2D eigenvalue weighted by atomic mass is 35.5. The van der Waals surface area contributed by atoms with E-state index in [0.29, 0.717) is 41.9 Å². The van der Waals surface area contributed by atoms with Gasteiger partial charge in [0.05, 0.1) is 6.61 Å². The monoisotopic (exact) mass is 378 g/mol. The number of benzene rings is 1. The summed E-state index contributed by atoms with van der Waals surface area (Å²) in [5.41, 5.74) is 1.20. The van der Waals surface area contributed by atoms with Gasteiger partial charge in [-0.1, -0.05) is 16.8 Å². The van der Waals surface area contributed by atoms with Gasteiger partial charge in [0.2, 0.25) is 0 Å². The summed E-state index contributed by atoms with van der Waals surface area (Å²) in [6.45, 7) is 5.23.